The number of rotatable bonds is 5. The van der Waals surface area contributed by atoms with Gasteiger partial charge in [0, 0.05) is 18.2 Å². The van der Waals surface area contributed by atoms with E-state index in [-0.39, 0.29) is 24.7 Å². The van der Waals surface area contributed by atoms with Gasteiger partial charge in [0.1, 0.15) is 0 Å². The second-order valence-corrected chi connectivity index (χ2v) is 4.91. The van der Waals surface area contributed by atoms with Gasteiger partial charge in [-0.25, -0.2) is 9.59 Å². The topological polar surface area (TPSA) is 64.6 Å². The maximum absolute atomic E-state index is 12.2. The van der Waals surface area contributed by atoms with Crippen LogP contribution >= 0.6 is 0 Å². The molecule has 0 aliphatic carbocycles. The highest BCUT2D eigenvalue weighted by Gasteiger charge is 2.33. The molecule has 0 aromatic heterocycles. The number of hydrogen-bond acceptors (Lipinski definition) is 5. The third-order valence-electron chi connectivity index (χ3n) is 3.53. The fourth-order valence-corrected chi connectivity index (χ4v) is 2.61. The SMILES string of the molecule is CCOC(=O)C(C(=O)OCC)=C1NCCC1c1ccccc1. The average Bonchev–Trinajstić information content (AvgIpc) is 2.98. The van der Waals surface area contributed by atoms with Gasteiger partial charge < -0.3 is 14.8 Å². The highest BCUT2D eigenvalue weighted by atomic mass is 16.6. The first kappa shape index (κ1) is 16.1. The molecule has 0 amide bonds. The van der Waals surface area contributed by atoms with Crippen molar-refractivity contribution in [3.63, 3.8) is 0 Å². The van der Waals surface area contributed by atoms with E-state index in [1.54, 1.807) is 13.8 Å². The van der Waals surface area contributed by atoms with Gasteiger partial charge in [0.2, 0.25) is 0 Å². The maximum Gasteiger partial charge on any atom is 0.347 e. The Morgan fingerprint density at radius 2 is 1.68 bits per heavy atom. The fraction of sp³-hybridized carbons (Fsp3) is 0.412. The lowest BCUT2D eigenvalue weighted by atomic mass is 9.93. The van der Waals surface area contributed by atoms with Gasteiger partial charge in [-0.05, 0) is 25.8 Å². The van der Waals surface area contributed by atoms with Gasteiger partial charge in [0.05, 0.1) is 13.2 Å². The maximum atomic E-state index is 12.2. The Bertz CT molecular complexity index is 545. The van der Waals surface area contributed by atoms with E-state index in [1.165, 1.54) is 0 Å². The van der Waals surface area contributed by atoms with E-state index >= 15 is 0 Å². The van der Waals surface area contributed by atoms with E-state index in [0.717, 1.165) is 12.0 Å². The zero-order chi connectivity index (χ0) is 15.9. The van der Waals surface area contributed by atoms with Crippen LogP contribution in [0.4, 0.5) is 0 Å². The number of carbonyl (C=O) groups is 2. The first-order valence-electron chi connectivity index (χ1n) is 7.56. The smallest absolute Gasteiger partial charge is 0.347 e. The summed E-state index contributed by atoms with van der Waals surface area (Å²) in [6.07, 6.45) is 0.821. The van der Waals surface area contributed by atoms with Gasteiger partial charge >= 0.3 is 11.9 Å². The Labute approximate surface area is 130 Å². The van der Waals surface area contributed by atoms with Crippen LogP contribution in [0.3, 0.4) is 0 Å². The van der Waals surface area contributed by atoms with E-state index in [0.29, 0.717) is 12.2 Å². The van der Waals surface area contributed by atoms with Crippen LogP contribution in [-0.4, -0.2) is 31.7 Å². The Balaban J connectivity index is 2.42. The van der Waals surface area contributed by atoms with E-state index in [1.807, 2.05) is 30.3 Å². The van der Waals surface area contributed by atoms with Crippen molar-refractivity contribution < 1.29 is 19.1 Å². The van der Waals surface area contributed by atoms with E-state index < -0.39 is 11.9 Å². The van der Waals surface area contributed by atoms with Crippen LogP contribution in [0, 0.1) is 0 Å². The Kier molecular flexibility index (Phi) is 5.58. The summed E-state index contributed by atoms with van der Waals surface area (Å²) in [5, 5.41) is 3.16. The van der Waals surface area contributed by atoms with Crippen molar-refractivity contribution in [2.75, 3.05) is 19.8 Å². The van der Waals surface area contributed by atoms with Crippen molar-refractivity contribution in [3.05, 3.63) is 47.2 Å². The predicted molar refractivity (Wildman–Crippen MR) is 82.1 cm³/mol. The summed E-state index contributed by atoms with van der Waals surface area (Å²) < 4.78 is 10.1. The van der Waals surface area contributed by atoms with Gasteiger partial charge in [-0.15, -0.1) is 0 Å². The molecule has 1 N–H and O–H groups in total. The molecule has 1 aromatic rings. The number of carbonyl (C=O) groups excluding carboxylic acids is 2. The van der Waals surface area contributed by atoms with Gasteiger partial charge in [0.15, 0.2) is 5.57 Å². The van der Waals surface area contributed by atoms with E-state index in [4.69, 9.17) is 9.47 Å². The van der Waals surface area contributed by atoms with Crippen molar-refractivity contribution in [1.29, 1.82) is 0 Å². The lowest BCUT2D eigenvalue weighted by molar-refractivity contribution is -0.146. The second-order valence-electron chi connectivity index (χ2n) is 4.91. The summed E-state index contributed by atoms with van der Waals surface area (Å²) in [4.78, 5) is 24.4. The van der Waals surface area contributed by atoms with Crippen LogP contribution in [0.1, 0.15) is 31.7 Å². The summed E-state index contributed by atoms with van der Waals surface area (Å²) in [6, 6.07) is 9.81. The molecular formula is C17H21NO4. The minimum atomic E-state index is -0.633. The predicted octanol–water partition coefficient (Wildman–Crippen LogP) is 2.14. The molecule has 1 fully saturated rings. The van der Waals surface area contributed by atoms with Gasteiger partial charge in [-0.2, -0.15) is 0 Å². The zero-order valence-electron chi connectivity index (χ0n) is 12.9. The Morgan fingerprint density at radius 1 is 1.09 bits per heavy atom. The molecule has 1 heterocycles. The van der Waals surface area contributed by atoms with Crippen LogP contribution in [-0.2, 0) is 19.1 Å². The van der Waals surface area contributed by atoms with Crippen molar-refractivity contribution >= 4 is 11.9 Å². The monoisotopic (exact) mass is 303 g/mol. The molecule has 1 aliphatic rings. The first-order valence-corrected chi connectivity index (χ1v) is 7.56. The fourth-order valence-electron chi connectivity index (χ4n) is 2.61. The van der Waals surface area contributed by atoms with Crippen molar-refractivity contribution in [2.45, 2.75) is 26.2 Å². The summed E-state index contributed by atoms with van der Waals surface area (Å²) in [5.74, 6) is -1.29. The zero-order valence-corrected chi connectivity index (χ0v) is 12.9. The second kappa shape index (κ2) is 7.64. The first-order chi connectivity index (χ1) is 10.7. The summed E-state index contributed by atoms with van der Waals surface area (Å²) >= 11 is 0. The lowest BCUT2D eigenvalue weighted by Crippen LogP contribution is -2.25. The molecular weight excluding hydrogens is 282 g/mol. The molecule has 1 unspecified atom stereocenters. The van der Waals surface area contributed by atoms with E-state index in [2.05, 4.69) is 5.32 Å². The molecule has 1 aromatic carbocycles. The number of benzene rings is 1. The molecule has 2 rings (SSSR count). The molecule has 118 valence electrons. The molecule has 0 radical (unpaired) electrons. The van der Waals surface area contributed by atoms with Crippen LogP contribution < -0.4 is 5.32 Å². The molecule has 0 spiro atoms. The van der Waals surface area contributed by atoms with Gasteiger partial charge in [0.25, 0.3) is 0 Å². The normalized spacial score (nSPS) is 16.8. The Hall–Kier alpha value is -2.30. The van der Waals surface area contributed by atoms with E-state index in [9.17, 15) is 9.59 Å². The largest absolute Gasteiger partial charge is 0.462 e. The molecule has 5 nitrogen and oxygen atoms in total. The van der Waals surface area contributed by atoms with Crippen LogP contribution in [0.2, 0.25) is 0 Å². The van der Waals surface area contributed by atoms with Crippen LogP contribution in [0.15, 0.2) is 41.6 Å². The molecule has 0 bridgehead atoms. The third-order valence-corrected chi connectivity index (χ3v) is 3.53. The highest BCUT2D eigenvalue weighted by molar-refractivity contribution is 6.15. The molecule has 1 atom stereocenters. The van der Waals surface area contributed by atoms with Gasteiger partial charge in [-0.3, -0.25) is 0 Å². The van der Waals surface area contributed by atoms with Crippen molar-refractivity contribution in [3.8, 4) is 0 Å². The molecule has 5 heteroatoms. The summed E-state index contributed by atoms with van der Waals surface area (Å²) in [7, 11) is 0. The Morgan fingerprint density at radius 3 is 2.23 bits per heavy atom. The van der Waals surface area contributed by atoms with Crippen LogP contribution in [0.25, 0.3) is 0 Å². The number of allylic oxidation sites excluding steroid dienone is 1. The minimum absolute atomic E-state index is 0.0185. The summed E-state index contributed by atoms with van der Waals surface area (Å²) in [5.41, 5.74) is 1.65. The molecule has 0 saturated carbocycles. The average molecular weight is 303 g/mol. The number of ether oxygens (including phenoxy) is 2. The molecule has 1 aliphatic heterocycles. The minimum Gasteiger partial charge on any atom is -0.462 e. The number of esters is 2. The van der Waals surface area contributed by atoms with Crippen LogP contribution in [0.5, 0.6) is 0 Å². The molecule has 1 saturated heterocycles. The van der Waals surface area contributed by atoms with Gasteiger partial charge in [-0.1, -0.05) is 30.3 Å². The van der Waals surface area contributed by atoms with Crippen molar-refractivity contribution in [2.24, 2.45) is 0 Å². The highest BCUT2D eigenvalue weighted by Crippen LogP contribution is 2.33. The lowest BCUT2D eigenvalue weighted by Gasteiger charge is -2.16. The third kappa shape index (κ3) is 3.47. The number of hydrogen-bond donors (Lipinski definition) is 1. The molecule has 22 heavy (non-hydrogen) atoms. The summed E-state index contributed by atoms with van der Waals surface area (Å²) in [6.45, 7) is 4.55. The number of nitrogens with one attached hydrogen (secondary N) is 1. The van der Waals surface area contributed by atoms with Crippen molar-refractivity contribution in [1.82, 2.24) is 5.32 Å². The quantitative estimate of drug-likeness (QED) is 0.391. The standard InChI is InChI=1S/C17H21NO4/c1-3-21-16(19)14(17(20)22-4-2)15-13(10-11-18-15)12-8-6-5-7-9-12/h5-9,13,18H,3-4,10-11H2,1-2H3.